The molecule has 1 amide bonds. The van der Waals surface area contributed by atoms with E-state index in [1.165, 1.54) is 7.11 Å². The third-order valence-corrected chi connectivity index (χ3v) is 6.15. The highest BCUT2D eigenvalue weighted by Gasteiger charge is 2.39. The van der Waals surface area contributed by atoms with Crippen molar-refractivity contribution in [3.05, 3.63) is 108 Å². The standard InChI is InChI=1S/C29H31NO4/c1-3-25(31)19-20-26(28(33)34-2)30-27(32)21-29(22-13-7-4-8-14-22,23-15-9-5-10-16-23)24-17-11-6-12-18-24/h4-18,26H,3,19-21H2,1-2H3,(H,30,32)/t26-/m0/s1. The molecule has 0 heterocycles. The highest BCUT2D eigenvalue weighted by molar-refractivity contribution is 5.87. The van der Waals surface area contributed by atoms with E-state index in [0.29, 0.717) is 6.42 Å². The molecule has 0 unspecified atom stereocenters. The molecule has 1 N–H and O–H groups in total. The third kappa shape index (κ3) is 5.79. The molecule has 1 atom stereocenters. The Morgan fingerprint density at radius 1 is 0.794 bits per heavy atom. The summed E-state index contributed by atoms with van der Waals surface area (Å²) in [5.41, 5.74) is 2.14. The van der Waals surface area contributed by atoms with E-state index in [4.69, 9.17) is 4.74 Å². The van der Waals surface area contributed by atoms with Gasteiger partial charge in [-0.25, -0.2) is 4.79 Å². The van der Waals surface area contributed by atoms with E-state index < -0.39 is 17.4 Å². The topological polar surface area (TPSA) is 72.5 Å². The van der Waals surface area contributed by atoms with Gasteiger partial charge in [-0.3, -0.25) is 9.59 Å². The van der Waals surface area contributed by atoms with Crippen molar-refractivity contribution in [2.75, 3.05) is 7.11 Å². The second-order valence-electron chi connectivity index (χ2n) is 8.25. The molecule has 176 valence electrons. The molecule has 0 aromatic heterocycles. The minimum Gasteiger partial charge on any atom is -0.467 e. The number of esters is 1. The Labute approximate surface area is 201 Å². The van der Waals surface area contributed by atoms with Crippen LogP contribution < -0.4 is 5.32 Å². The first-order chi connectivity index (χ1) is 16.5. The predicted octanol–water partition coefficient (Wildman–Crippen LogP) is 4.83. The SMILES string of the molecule is CCC(=O)CC[C@H](NC(=O)CC(c1ccccc1)(c1ccccc1)c1ccccc1)C(=O)OC. The molecule has 0 saturated heterocycles. The van der Waals surface area contributed by atoms with Gasteiger partial charge in [0.2, 0.25) is 5.91 Å². The van der Waals surface area contributed by atoms with Gasteiger partial charge in [0.25, 0.3) is 0 Å². The minimum atomic E-state index is -0.881. The molecule has 0 fully saturated rings. The second-order valence-corrected chi connectivity index (χ2v) is 8.25. The van der Waals surface area contributed by atoms with Crippen molar-refractivity contribution in [2.45, 2.75) is 44.1 Å². The van der Waals surface area contributed by atoms with E-state index >= 15 is 0 Å². The average molecular weight is 458 g/mol. The highest BCUT2D eigenvalue weighted by Crippen LogP contribution is 2.42. The summed E-state index contributed by atoms with van der Waals surface area (Å²) in [4.78, 5) is 37.7. The fraction of sp³-hybridized carbons (Fsp3) is 0.276. The predicted molar refractivity (Wildman–Crippen MR) is 132 cm³/mol. The van der Waals surface area contributed by atoms with Crippen LogP contribution >= 0.6 is 0 Å². The monoisotopic (exact) mass is 457 g/mol. The molecule has 0 bridgehead atoms. The molecule has 5 nitrogen and oxygen atoms in total. The van der Waals surface area contributed by atoms with E-state index in [1.54, 1.807) is 6.92 Å². The maximum Gasteiger partial charge on any atom is 0.328 e. The first kappa shape index (κ1) is 24.9. The smallest absolute Gasteiger partial charge is 0.328 e. The van der Waals surface area contributed by atoms with Crippen LogP contribution in [0, 0.1) is 0 Å². The van der Waals surface area contributed by atoms with Gasteiger partial charge in [0, 0.05) is 19.3 Å². The number of ether oxygens (including phenoxy) is 1. The Morgan fingerprint density at radius 2 is 1.24 bits per heavy atom. The van der Waals surface area contributed by atoms with Gasteiger partial charge in [-0.1, -0.05) is 97.9 Å². The summed E-state index contributed by atoms with van der Waals surface area (Å²) in [6.07, 6.45) is 0.888. The van der Waals surface area contributed by atoms with Crippen molar-refractivity contribution < 1.29 is 19.1 Å². The van der Waals surface area contributed by atoms with Crippen molar-refractivity contribution in [3.63, 3.8) is 0 Å². The molecule has 3 rings (SSSR count). The normalized spacial score (nSPS) is 11.9. The summed E-state index contributed by atoms with van der Waals surface area (Å²) >= 11 is 0. The van der Waals surface area contributed by atoms with Crippen LogP contribution in [0.4, 0.5) is 0 Å². The van der Waals surface area contributed by atoms with Gasteiger partial charge in [-0.15, -0.1) is 0 Å². The Morgan fingerprint density at radius 3 is 1.62 bits per heavy atom. The maximum absolute atomic E-state index is 13.5. The number of ketones is 1. The maximum atomic E-state index is 13.5. The summed E-state index contributed by atoms with van der Waals surface area (Å²) in [5, 5.41) is 2.85. The molecule has 5 heteroatoms. The second kappa shape index (κ2) is 11.9. The Kier molecular flexibility index (Phi) is 8.74. The molecule has 0 radical (unpaired) electrons. The molecule has 3 aromatic carbocycles. The van der Waals surface area contributed by atoms with Crippen molar-refractivity contribution in [2.24, 2.45) is 0 Å². The minimum absolute atomic E-state index is 0.0374. The quantitative estimate of drug-likeness (QED) is 0.331. The van der Waals surface area contributed by atoms with E-state index in [1.807, 2.05) is 91.0 Å². The van der Waals surface area contributed by atoms with Crippen LogP contribution in [0.2, 0.25) is 0 Å². The van der Waals surface area contributed by atoms with E-state index in [2.05, 4.69) is 5.32 Å². The number of nitrogens with one attached hydrogen (secondary N) is 1. The fourth-order valence-corrected chi connectivity index (χ4v) is 4.33. The van der Waals surface area contributed by atoms with Crippen molar-refractivity contribution in [1.82, 2.24) is 5.32 Å². The third-order valence-electron chi connectivity index (χ3n) is 6.15. The molecule has 0 spiro atoms. The summed E-state index contributed by atoms with van der Waals surface area (Å²) in [7, 11) is 1.28. The van der Waals surface area contributed by atoms with E-state index in [9.17, 15) is 14.4 Å². The van der Waals surface area contributed by atoms with E-state index in [0.717, 1.165) is 16.7 Å². The number of Topliss-reactive ketones (excluding diaryl/α,β-unsaturated/α-hetero) is 1. The Bertz CT molecular complexity index is 984. The Balaban J connectivity index is 2.02. The van der Waals surface area contributed by atoms with Gasteiger partial charge in [0.15, 0.2) is 0 Å². The van der Waals surface area contributed by atoms with Crippen LogP contribution in [0.3, 0.4) is 0 Å². The summed E-state index contributed by atoms with van der Waals surface area (Å²) < 4.78 is 4.90. The molecule has 0 aliphatic heterocycles. The molecular formula is C29H31NO4. The van der Waals surface area contributed by atoms with Crippen LogP contribution in [-0.4, -0.2) is 30.8 Å². The zero-order chi connectivity index (χ0) is 24.4. The summed E-state index contributed by atoms with van der Waals surface area (Å²) in [5.74, 6) is -0.812. The van der Waals surface area contributed by atoms with Crippen molar-refractivity contribution in [1.29, 1.82) is 0 Å². The number of carbonyl (C=O) groups excluding carboxylic acids is 3. The number of amides is 1. The van der Waals surface area contributed by atoms with Crippen LogP contribution in [0.1, 0.15) is 49.3 Å². The summed E-state index contributed by atoms with van der Waals surface area (Å²) in [6, 6.07) is 28.8. The lowest BCUT2D eigenvalue weighted by Gasteiger charge is -2.36. The average Bonchev–Trinajstić information content (AvgIpc) is 2.90. The van der Waals surface area contributed by atoms with Crippen molar-refractivity contribution >= 4 is 17.7 Å². The van der Waals surface area contributed by atoms with Crippen molar-refractivity contribution in [3.8, 4) is 0 Å². The molecule has 3 aromatic rings. The lowest BCUT2D eigenvalue weighted by atomic mass is 9.67. The molecule has 34 heavy (non-hydrogen) atoms. The zero-order valence-corrected chi connectivity index (χ0v) is 19.7. The number of carbonyl (C=O) groups is 3. The molecule has 0 aliphatic carbocycles. The first-order valence-corrected chi connectivity index (χ1v) is 11.6. The molecule has 0 aliphatic rings. The van der Waals surface area contributed by atoms with Gasteiger partial charge in [-0.2, -0.15) is 0 Å². The zero-order valence-electron chi connectivity index (χ0n) is 19.7. The van der Waals surface area contributed by atoms with Crippen LogP contribution in [0.5, 0.6) is 0 Å². The number of hydrogen-bond donors (Lipinski definition) is 1. The lowest BCUT2D eigenvalue weighted by Crippen LogP contribution is -2.45. The molecular weight excluding hydrogens is 426 g/mol. The van der Waals surface area contributed by atoms with Gasteiger partial charge < -0.3 is 10.1 Å². The largest absolute Gasteiger partial charge is 0.467 e. The van der Waals surface area contributed by atoms with Crippen LogP contribution in [-0.2, 0) is 24.5 Å². The lowest BCUT2D eigenvalue weighted by molar-refractivity contribution is -0.145. The van der Waals surface area contributed by atoms with Gasteiger partial charge >= 0.3 is 5.97 Å². The van der Waals surface area contributed by atoms with Gasteiger partial charge in [0.1, 0.15) is 11.8 Å². The summed E-state index contributed by atoms with van der Waals surface area (Å²) in [6.45, 7) is 1.78. The fourth-order valence-electron chi connectivity index (χ4n) is 4.33. The number of methoxy groups -OCH3 is 1. The van der Waals surface area contributed by atoms with Crippen LogP contribution in [0.15, 0.2) is 91.0 Å². The van der Waals surface area contributed by atoms with Gasteiger partial charge in [-0.05, 0) is 23.1 Å². The van der Waals surface area contributed by atoms with Gasteiger partial charge in [0.05, 0.1) is 12.5 Å². The number of rotatable bonds is 11. The van der Waals surface area contributed by atoms with Crippen LogP contribution in [0.25, 0.3) is 0 Å². The number of benzene rings is 3. The van der Waals surface area contributed by atoms with E-state index in [-0.39, 0.29) is 31.0 Å². The number of hydrogen-bond acceptors (Lipinski definition) is 4. The first-order valence-electron chi connectivity index (χ1n) is 11.6. The highest BCUT2D eigenvalue weighted by atomic mass is 16.5. The molecule has 0 saturated carbocycles. The Hall–Kier alpha value is -3.73.